The van der Waals surface area contributed by atoms with Crippen LogP contribution in [0.2, 0.25) is 0 Å². The van der Waals surface area contributed by atoms with Crippen LogP contribution in [-0.2, 0) is 23.2 Å². The number of benzene rings is 5. The molecule has 0 saturated heterocycles. The number of hydrogen-bond donors (Lipinski definition) is 0. The molecule has 5 aromatic carbocycles. The van der Waals surface area contributed by atoms with Gasteiger partial charge in [-0.1, -0.05) is 55.5 Å². The zero-order valence-corrected chi connectivity index (χ0v) is 24.7. The summed E-state index contributed by atoms with van der Waals surface area (Å²) in [6, 6.07) is 46.5. The second-order valence-corrected chi connectivity index (χ2v) is 12.8. The quantitative estimate of drug-likeness (QED) is 0.300. The first kappa shape index (κ1) is 27.6. The molecular formula is C34H28Cl2Zr. The fourth-order valence-electron chi connectivity index (χ4n) is 5.71. The molecule has 0 heterocycles. The zero-order valence-electron chi connectivity index (χ0n) is 20.7. The van der Waals surface area contributed by atoms with Crippen molar-refractivity contribution in [3.8, 4) is 22.3 Å². The van der Waals surface area contributed by atoms with Crippen LogP contribution in [0.25, 0.3) is 22.3 Å². The first-order valence-electron chi connectivity index (χ1n) is 12.5. The molecule has 0 unspecified atom stereocenters. The fraction of sp³-hybridized carbons (Fsp3) is 0.118. The van der Waals surface area contributed by atoms with Crippen molar-refractivity contribution in [1.29, 1.82) is 0 Å². The molecule has 2 aliphatic rings. The van der Waals surface area contributed by atoms with Crippen molar-refractivity contribution >= 4 is 3.27 Å². The summed E-state index contributed by atoms with van der Waals surface area (Å²) >= 11 is -0.673. The van der Waals surface area contributed by atoms with Crippen LogP contribution in [0, 0.1) is 0 Å². The Balaban J connectivity index is 0.000000170. The molecule has 0 fully saturated rings. The third-order valence-corrected chi connectivity index (χ3v) is 11.2. The maximum atomic E-state index is 2.32. The van der Waals surface area contributed by atoms with Gasteiger partial charge in [0.15, 0.2) is 0 Å². The predicted octanol–water partition coefficient (Wildman–Crippen LogP) is 2.38. The van der Waals surface area contributed by atoms with Gasteiger partial charge in [-0.2, -0.15) is 0 Å². The predicted molar refractivity (Wildman–Crippen MR) is 144 cm³/mol. The molecule has 0 N–H and O–H groups in total. The van der Waals surface area contributed by atoms with Crippen LogP contribution < -0.4 is 28.1 Å². The maximum absolute atomic E-state index is 2.32. The first-order chi connectivity index (χ1) is 17.3. The molecule has 0 atom stereocenters. The van der Waals surface area contributed by atoms with E-state index < -0.39 is 23.2 Å². The minimum absolute atomic E-state index is 0. The number of rotatable bonds is 3. The molecule has 182 valence electrons. The van der Waals surface area contributed by atoms with Gasteiger partial charge in [-0.3, -0.25) is 0 Å². The van der Waals surface area contributed by atoms with E-state index in [0.29, 0.717) is 9.54 Å². The summed E-state index contributed by atoms with van der Waals surface area (Å²) in [7, 11) is 0. The molecule has 0 aromatic heterocycles. The van der Waals surface area contributed by atoms with E-state index in [9.17, 15) is 0 Å². The van der Waals surface area contributed by atoms with E-state index in [2.05, 4.69) is 134 Å². The fourth-order valence-corrected chi connectivity index (χ4v) is 9.48. The van der Waals surface area contributed by atoms with Gasteiger partial charge in [0.2, 0.25) is 0 Å². The molecule has 37 heavy (non-hydrogen) atoms. The second-order valence-electron chi connectivity index (χ2n) is 9.25. The van der Waals surface area contributed by atoms with E-state index in [4.69, 9.17) is 0 Å². The summed E-state index contributed by atoms with van der Waals surface area (Å²) < 4.78 is 2.24. The Morgan fingerprint density at radius 1 is 0.459 bits per heavy atom. The Kier molecular flexibility index (Phi) is 9.25. The van der Waals surface area contributed by atoms with Gasteiger partial charge in [-0.15, -0.1) is 0 Å². The van der Waals surface area contributed by atoms with Crippen molar-refractivity contribution < 1.29 is 48.0 Å². The second kappa shape index (κ2) is 12.4. The summed E-state index contributed by atoms with van der Waals surface area (Å²) in [5.74, 6) is 0.609. The molecule has 0 spiro atoms. The Hall–Kier alpha value is -2.44. The summed E-state index contributed by atoms with van der Waals surface area (Å²) in [5, 5.41) is 0. The molecule has 0 radical (unpaired) electrons. The van der Waals surface area contributed by atoms with Gasteiger partial charge in [-0.05, 0) is 28.7 Å². The van der Waals surface area contributed by atoms with Crippen molar-refractivity contribution in [2.45, 2.75) is 22.9 Å². The van der Waals surface area contributed by atoms with Gasteiger partial charge >= 0.3 is 131 Å². The van der Waals surface area contributed by atoms with Crippen molar-refractivity contribution in [3.05, 3.63) is 150 Å². The Bertz CT molecular complexity index is 1390. The third kappa shape index (κ3) is 5.28. The zero-order chi connectivity index (χ0) is 23.6. The summed E-state index contributed by atoms with van der Waals surface area (Å²) in [5.41, 5.74) is 11.9. The number of hydrogen-bond acceptors (Lipinski definition) is 0. The standard InChI is InChI=1S/C15H14.C13H9.C6H5.2ClH.Zr/c1-2-11-12-7-3-5-9-14(12)15-10-6-4-8-13(11)15;1-3-7-12-10(5-1)9-11-6-2-4-8-13(11)12;1-2-4-6-5-3-1;;;/h3-11H,2H2,1H3;1-9H;1-5H;2*1H;/q;;;;;+2/p-2. The van der Waals surface area contributed by atoms with Crippen LogP contribution in [0.5, 0.6) is 0 Å². The summed E-state index contributed by atoms with van der Waals surface area (Å²) in [6.45, 7) is 2.27. The van der Waals surface area contributed by atoms with Crippen LogP contribution in [0.3, 0.4) is 0 Å². The third-order valence-electron chi connectivity index (χ3n) is 7.29. The van der Waals surface area contributed by atoms with Gasteiger partial charge in [0.05, 0.1) is 0 Å². The Labute approximate surface area is 244 Å². The van der Waals surface area contributed by atoms with E-state index in [0.717, 1.165) is 0 Å². The van der Waals surface area contributed by atoms with Crippen LogP contribution in [-0.4, -0.2) is 0 Å². The summed E-state index contributed by atoms with van der Waals surface area (Å²) in [6.07, 6.45) is 1.19. The Morgan fingerprint density at radius 3 is 1.24 bits per heavy atom. The molecule has 7 rings (SSSR count). The van der Waals surface area contributed by atoms with Crippen LogP contribution in [0.4, 0.5) is 0 Å². The van der Waals surface area contributed by atoms with Gasteiger partial charge in [0.25, 0.3) is 0 Å². The molecule has 0 bridgehead atoms. The van der Waals surface area contributed by atoms with Gasteiger partial charge in [0, 0.05) is 5.92 Å². The molecular weight excluding hydrogens is 571 g/mol. The molecule has 0 amide bonds. The van der Waals surface area contributed by atoms with Crippen molar-refractivity contribution in [1.82, 2.24) is 0 Å². The molecule has 5 aromatic rings. The van der Waals surface area contributed by atoms with Crippen molar-refractivity contribution in [3.63, 3.8) is 0 Å². The van der Waals surface area contributed by atoms with Gasteiger partial charge in [0.1, 0.15) is 0 Å². The number of fused-ring (bicyclic) bond motifs is 6. The van der Waals surface area contributed by atoms with Crippen molar-refractivity contribution in [2.24, 2.45) is 0 Å². The Morgan fingerprint density at radius 2 is 0.811 bits per heavy atom. The van der Waals surface area contributed by atoms with E-state index in [1.165, 1.54) is 39.8 Å². The molecule has 0 saturated carbocycles. The molecule has 2 aliphatic carbocycles. The van der Waals surface area contributed by atoms with Gasteiger partial charge < -0.3 is 24.8 Å². The number of halogens is 2. The average molecular weight is 599 g/mol. The van der Waals surface area contributed by atoms with Gasteiger partial charge in [-0.25, -0.2) is 0 Å². The van der Waals surface area contributed by atoms with Crippen LogP contribution >= 0.6 is 0 Å². The van der Waals surface area contributed by atoms with E-state index >= 15 is 0 Å². The topological polar surface area (TPSA) is 0 Å². The normalized spacial score (nSPS) is 12.4. The van der Waals surface area contributed by atoms with Crippen molar-refractivity contribution in [2.75, 3.05) is 0 Å². The monoisotopic (exact) mass is 596 g/mol. The van der Waals surface area contributed by atoms with Crippen LogP contribution in [0.1, 0.15) is 45.1 Å². The molecule has 0 nitrogen and oxygen atoms in total. The van der Waals surface area contributed by atoms with E-state index in [1.54, 1.807) is 14.4 Å². The molecule has 0 aliphatic heterocycles. The minimum atomic E-state index is -0.673. The summed E-state index contributed by atoms with van der Waals surface area (Å²) in [4.78, 5) is 0. The van der Waals surface area contributed by atoms with E-state index in [1.807, 2.05) is 0 Å². The average Bonchev–Trinajstić information content (AvgIpc) is 3.43. The molecule has 3 heteroatoms. The van der Waals surface area contributed by atoms with Crippen LogP contribution in [0.15, 0.2) is 127 Å². The van der Waals surface area contributed by atoms with E-state index in [-0.39, 0.29) is 24.8 Å². The SMILES string of the molecule is CCC1c2ccccc2-c2ccccc21.[Cl-].[Cl-].c1cc[c]([Zr+2][CH]2c3ccccc3-c3ccccc32)cc1. The first-order valence-corrected chi connectivity index (χ1v) is 15.2.